The molecule has 0 spiro atoms. The highest BCUT2D eigenvalue weighted by molar-refractivity contribution is 5.33. The molecule has 102 valence electrons. The molecule has 0 aromatic heterocycles. The third kappa shape index (κ3) is 2.72. The molecule has 0 unspecified atom stereocenters. The molecule has 0 saturated heterocycles. The van der Waals surface area contributed by atoms with E-state index in [0.29, 0.717) is 6.04 Å². The van der Waals surface area contributed by atoms with Gasteiger partial charge in [0.25, 0.3) is 0 Å². The van der Waals surface area contributed by atoms with Crippen LogP contribution < -0.4 is 5.32 Å². The molecule has 0 aliphatic heterocycles. The number of aryl methyl sites for hydroxylation is 1. The summed E-state index contributed by atoms with van der Waals surface area (Å²) in [6.07, 6.45) is 8.41. The normalized spacial score (nSPS) is 29.5. The van der Waals surface area contributed by atoms with Gasteiger partial charge in [-0.15, -0.1) is 0 Å². The average Bonchev–Trinajstić information content (AvgIpc) is 2.87. The minimum atomic E-state index is -0.150. The molecule has 0 fully saturated rings. The minimum absolute atomic E-state index is 0.150. The zero-order chi connectivity index (χ0) is 13.2. The summed E-state index contributed by atoms with van der Waals surface area (Å²) >= 11 is 0. The fourth-order valence-corrected chi connectivity index (χ4v) is 3.24. The van der Waals surface area contributed by atoms with Gasteiger partial charge in [0.15, 0.2) is 0 Å². The highest BCUT2D eigenvalue weighted by Gasteiger charge is 2.25. The van der Waals surface area contributed by atoms with Crippen LogP contribution in [-0.4, -0.2) is 17.8 Å². The third-order valence-electron chi connectivity index (χ3n) is 4.24. The van der Waals surface area contributed by atoms with Crippen molar-refractivity contribution in [3.63, 3.8) is 0 Å². The van der Waals surface area contributed by atoms with Crippen LogP contribution in [0.15, 0.2) is 30.4 Å². The first-order valence-electron chi connectivity index (χ1n) is 7.10. The predicted molar refractivity (Wildman–Crippen MR) is 73.3 cm³/mol. The molecular formula is C16H20FNO. The maximum Gasteiger partial charge on any atom is 0.123 e. The van der Waals surface area contributed by atoms with Gasteiger partial charge < -0.3 is 10.4 Å². The molecular weight excluding hydrogens is 241 g/mol. The summed E-state index contributed by atoms with van der Waals surface area (Å²) < 4.78 is 13.4. The number of rotatable bonds is 3. The van der Waals surface area contributed by atoms with Gasteiger partial charge in [0.1, 0.15) is 5.82 Å². The zero-order valence-electron chi connectivity index (χ0n) is 11.0. The minimum Gasteiger partial charge on any atom is -0.396 e. The summed E-state index contributed by atoms with van der Waals surface area (Å²) in [5.41, 5.74) is 2.39. The smallest absolute Gasteiger partial charge is 0.123 e. The van der Waals surface area contributed by atoms with E-state index in [-0.39, 0.29) is 24.4 Å². The van der Waals surface area contributed by atoms with Crippen molar-refractivity contribution >= 4 is 0 Å². The fourth-order valence-electron chi connectivity index (χ4n) is 3.24. The van der Waals surface area contributed by atoms with Crippen molar-refractivity contribution < 1.29 is 9.50 Å². The quantitative estimate of drug-likeness (QED) is 0.820. The van der Waals surface area contributed by atoms with Gasteiger partial charge in [0.05, 0.1) is 0 Å². The lowest BCUT2D eigenvalue weighted by atomic mass is 9.87. The van der Waals surface area contributed by atoms with Crippen molar-refractivity contribution in [3.8, 4) is 0 Å². The van der Waals surface area contributed by atoms with Gasteiger partial charge in [-0.1, -0.05) is 18.2 Å². The lowest BCUT2D eigenvalue weighted by molar-refractivity contribution is 0.244. The standard InChI is InChI=1S/C16H20FNO/c17-13-6-5-12-2-1-3-16(15(12)9-13)18-14-7-4-11(8-14)10-19/h4-7,9,11,14,16,18-19H,1-3,8,10H2/t11-,14+,16-/m0/s1. The molecule has 3 rings (SSSR count). The summed E-state index contributed by atoms with van der Waals surface area (Å²) in [6, 6.07) is 5.69. The van der Waals surface area contributed by atoms with Crippen LogP contribution in [0.5, 0.6) is 0 Å². The van der Waals surface area contributed by atoms with Crippen LogP contribution in [0.3, 0.4) is 0 Å². The van der Waals surface area contributed by atoms with Crippen molar-refractivity contribution in [2.24, 2.45) is 5.92 Å². The molecule has 0 bridgehead atoms. The van der Waals surface area contributed by atoms with Crippen LogP contribution in [0.25, 0.3) is 0 Å². The topological polar surface area (TPSA) is 32.3 Å². The molecule has 0 saturated carbocycles. The lowest BCUT2D eigenvalue weighted by Crippen LogP contribution is -2.33. The first-order chi connectivity index (χ1) is 9.26. The Balaban J connectivity index is 1.73. The molecule has 3 atom stereocenters. The van der Waals surface area contributed by atoms with E-state index >= 15 is 0 Å². The number of aliphatic hydroxyl groups excluding tert-OH is 1. The molecule has 0 amide bonds. The van der Waals surface area contributed by atoms with Crippen molar-refractivity contribution in [1.29, 1.82) is 0 Å². The predicted octanol–water partition coefficient (Wildman–Crippen LogP) is 2.73. The first kappa shape index (κ1) is 12.8. The Morgan fingerprint density at radius 3 is 3.00 bits per heavy atom. The van der Waals surface area contributed by atoms with Gasteiger partial charge in [-0.2, -0.15) is 0 Å². The van der Waals surface area contributed by atoms with Crippen LogP contribution in [0.4, 0.5) is 4.39 Å². The first-order valence-corrected chi connectivity index (χ1v) is 7.10. The number of fused-ring (bicyclic) bond motifs is 1. The third-order valence-corrected chi connectivity index (χ3v) is 4.24. The molecule has 2 aliphatic rings. The molecule has 3 heteroatoms. The Morgan fingerprint density at radius 1 is 1.32 bits per heavy atom. The Labute approximate surface area is 113 Å². The molecule has 0 heterocycles. The van der Waals surface area contributed by atoms with Crippen LogP contribution in [0.1, 0.15) is 36.4 Å². The molecule has 2 nitrogen and oxygen atoms in total. The van der Waals surface area contributed by atoms with Gasteiger partial charge in [-0.25, -0.2) is 4.39 Å². The van der Waals surface area contributed by atoms with Gasteiger partial charge >= 0.3 is 0 Å². The van der Waals surface area contributed by atoms with Gasteiger partial charge in [0.2, 0.25) is 0 Å². The summed E-state index contributed by atoms with van der Waals surface area (Å²) in [5, 5.41) is 12.8. The maximum absolute atomic E-state index is 13.4. The second-order valence-corrected chi connectivity index (χ2v) is 5.62. The number of hydrogen-bond acceptors (Lipinski definition) is 2. The van der Waals surface area contributed by atoms with Crippen LogP contribution in [0.2, 0.25) is 0 Å². The number of hydrogen-bond donors (Lipinski definition) is 2. The van der Waals surface area contributed by atoms with E-state index in [1.54, 1.807) is 12.1 Å². The molecule has 2 N–H and O–H groups in total. The lowest BCUT2D eigenvalue weighted by Gasteiger charge is -2.29. The summed E-state index contributed by atoms with van der Waals surface area (Å²) in [4.78, 5) is 0. The largest absolute Gasteiger partial charge is 0.396 e. The van der Waals surface area contributed by atoms with Crippen LogP contribution in [0, 0.1) is 11.7 Å². The van der Waals surface area contributed by atoms with Crippen molar-refractivity contribution in [2.75, 3.05) is 6.61 Å². The zero-order valence-corrected chi connectivity index (χ0v) is 11.0. The SMILES string of the molecule is OC[C@H]1C=C[C@@H](N[C@H]2CCCc3ccc(F)cc32)C1. The summed E-state index contributed by atoms with van der Waals surface area (Å²) in [5.74, 6) is 0.121. The Kier molecular flexibility index (Phi) is 3.67. The Bertz CT molecular complexity index is 486. The van der Waals surface area contributed by atoms with Gasteiger partial charge in [-0.3, -0.25) is 0 Å². The van der Waals surface area contributed by atoms with Crippen molar-refractivity contribution in [2.45, 2.75) is 37.8 Å². The van der Waals surface area contributed by atoms with Crippen molar-refractivity contribution in [1.82, 2.24) is 5.32 Å². The number of nitrogens with one attached hydrogen (secondary N) is 1. The molecule has 2 aliphatic carbocycles. The summed E-state index contributed by atoms with van der Waals surface area (Å²) in [7, 11) is 0. The van der Waals surface area contributed by atoms with Crippen molar-refractivity contribution in [3.05, 3.63) is 47.3 Å². The number of aliphatic hydroxyl groups is 1. The van der Waals surface area contributed by atoms with E-state index in [1.807, 2.05) is 6.07 Å². The monoisotopic (exact) mass is 261 g/mol. The van der Waals surface area contributed by atoms with E-state index in [0.717, 1.165) is 31.2 Å². The molecule has 1 aromatic carbocycles. The second-order valence-electron chi connectivity index (χ2n) is 5.62. The van der Waals surface area contributed by atoms with E-state index in [4.69, 9.17) is 5.11 Å². The van der Waals surface area contributed by atoms with Gasteiger partial charge in [0, 0.05) is 24.6 Å². The highest BCUT2D eigenvalue weighted by Crippen LogP contribution is 2.32. The van der Waals surface area contributed by atoms with E-state index < -0.39 is 0 Å². The van der Waals surface area contributed by atoms with Crippen LogP contribution in [-0.2, 0) is 6.42 Å². The van der Waals surface area contributed by atoms with E-state index in [9.17, 15) is 4.39 Å². The van der Waals surface area contributed by atoms with E-state index in [2.05, 4.69) is 17.5 Å². The Hall–Kier alpha value is -1.19. The fraction of sp³-hybridized carbons (Fsp3) is 0.500. The number of benzene rings is 1. The Morgan fingerprint density at radius 2 is 2.21 bits per heavy atom. The number of halogens is 1. The molecule has 1 aromatic rings. The highest BCUT2D eigenvalue weighted by atomic mass is 19.1. The second kappa shape index (κ2) is 5.43. The average molecular weight is 261 g/mol. The van der Waals surface area contributed by atoms with Gasteiger partial charge in [-0.05, 0) is 48.9 Å². The molecule has 0 radical (unpaired) electrons. The molecule has 19 heavy (non-hydrogen) atoms. The van der Waals surface area contributed by atoms with Crippen LogP contribution >= 0.6 is 0 Å². The maximum atomic E-state index is 13.4. The summed E-state index contributed by atoms with van der Waals surface area (Å²) in [6.45, 7) is 0.213. The van der Waals surface area contributed by atoms with E-state index in [1.165, 1.54) is 5.56 Å².